The molecule has 220 valence electrons. The minimum atomic E-state index is -0.909. The number of nitrogens with one attached hydrogen (secondary N) is 1. The fourth-order valence-electron chi connectivity index (χ4n) is 3.50. The van der Waals surface area contributed by atoms with Crippen molar-refractivity contribution in [1.29, 1.82) is 0 Å². The second-order valence-electron chi connectivity index (χ2n) is 8.38. The van der Waals surface area contributed by atoms with E-state index in [0.29, 0.717) is 49.7 Å². The summed E-state index contributed by atoms with van der Waals surface area (Å²) in [6.07, 6.45) is 2.78. The number of carbonyl (C=O) groups is 2. The van der Waals surface area contributed by atoms with Crippen molar-refractivity contribution in [3.8, 4) is 11.5 Å². The van der Waals surface area contributed by atoms with Crippen LogP contribution in [0.3, 0.4) is 0 Å². The molecule has 1 N–H and O–H groups in total. The molecule has 14 heteroatoms. The number of amides is 1. The molecule has 1 amide bonds. The van der Waals surface area contributed by atoms with E-state index in [1.807, 2.05) is 0 Å². The zero-order valence-corrected chi connectivity index (χ0v) is 24.6. The highest BCUT2D eigenvalue weighted by Crippen LogP contribution is 2.37. The van der Waals surface area contributed by atoms with Crippen molar-refractivity contribution < 1.29 is 42.9 Å². The standard InChI is InChI=1S/C25H37BrN2O10S/c1-33-25(30)20-18-39-17-19-15-22(37-10-6-26)23(16-21(19)28(31)32)38-14-13-36-12-11-35-8-4-2-3-7-34-9-5-24(29)27-20/h15-16,20H,2-14,17-18H2,1H3,(H,27,29). The smallest absolute Gasteiger partial charge is 0.329 e. The quantitative estimate of drug-likeness (QED) is 0.167. The normalized spacial score (nSPS) is 19.5. The van der Waals surface area contributed by atoms with Crippen LogP contribution < -0.4 is 14.8 Å². The van der Waals surface area contributed by atoms with Crippen molar-refractivity contribution in [2.45, 2.75) is 37.5 Å². The lowest BCUT2D eigenvalue weighted by Gasteiger charge is -2.17. The number of carbonyl (C=O) groups excluding carboxylic acids is 2. The first-order chi connectivity index (χ1) is 19.0. The molecule has 2 aliphatic heterocycles. The SMILES string of the molecule is COC(=O)C1CSCc2cc(OCCBr)c(cc2[N+](=O)[O-])OCCOCCOCCCCCOCCC(=O)N1. The summed E-state index contributed by atoms with van der Waals surface area (Å²) in [7, 11) is 1.24. The molecule has 0 saturated heterocycles. The second-order valence-corrected chi connectivity index (χ2v) is 10.2. The van der Waals surface area contributed by atoms with Crippen LogP contribution in [0.2, 0.25) is 0 Å². The van der Waals surface area contributed by atoms with Crippen molar-refractivity contribution >= 4 is 45.3 Å². The van der Waals surface area contributed by atoms with Gasteiger partial charge in [0.05, 0.1) is 51.1 Å². The maximum atomic E-state index is 12.4. The number of ether oxygens (including phenoxy) is 6. The Bertz CT molecular complexity index is 908. The number of nitro groups is 1. The summed E-state index contributed by atoms with van der Waals surface area (Å²) in [5.41, 5.74) is 0.253. The van der Waals surface area contributed by atoms with Gasteiger partial charge in [0.1, 0.15) is 12.6 Å². The highest BCUT2D eigenvalue weighted by molar-refractivity contribution is 9.09. The molecule has 39 heavy (non-hydrogen) atoms. The van der Waals surface area contributed by atoms with Gasteiger partial charge in [-0.05, 0) is 25.3 Å². The van der Waals surface area contributed by atoms with Crippen LogP contribution in [0.25, 0.3) is 0 Å². The Hall–Kier alpha value is -2.13. The number of esters is 1. The molecule has 3 rings (SSSR count). The zero-order valence-electron chi connectivity index (χ0n) is 22.2. The summed E-state index contributed by atoms with van der Waals surface area (Å²) in [4.78, 5) is 36.0. The van der Waals surface area contributed by atoms with Crippen LogP contribution in [-0.4, -0.2) is 93.9 Å². The van der Waals surface area contributed by atoms with Gasteiger partial charge in [-0.2, -0.15) is 11.8 Å². The molecule has 0 fully saturated rings. The Balaban J connectivity index is 2.16. The van der Waals surface area contributed by atoms with Gasteiger partial charge in [-0.25, -0.2) is 4.79 Å². The van der Waals surface area contributed by atoms with E-state index in [1.54, 1.807) is 6.07 Å². The highest BCUT2D eigenvalue weighted by atomic mass is 79.9. The maximum Gasteiger partial charge on any atom is 0.329 e. The molecule has 2 aliphatic rings. The van der Waals surface area contributed by atoms with Crippen LogP contribution in [0.4, 0.5) is 5.69 Å². The fraction of sp³-hybridized carbons (Fsp3) is 0.680. The van der Waals surface area contributed by atoms with Gasteiger partial charge in [0.2, 0.25) is 5.91 Å². The molecule has 0 saturated carbocycles. The van der Waals surface area contributed by atoms with E-state index in [-0.39, 0.29) is 55.1 Å². The number of nitrogens with zero attached hydrogens (tertiary/aromatic N) is 1. The number of fused-ring (bicyclic) bond motifs is 22. The number of nitro benzene ring substituents is 1. The van der Waals surface area contributed by atoms with Gasteiger partial charge in [0, 0.05) is 42.0 Å². The maximum absolute atomic E-state index is 12.4. The Morgan fingerprint density at radius 2 is 1.79 bits per heavy atom. The lowest BCUT2D eigenvalue weighted by Crippen LogP contribution is -2.43. The predicted molar refractivity (Wildman–Crippen MR) is 149 cm³/mol. The van der Waals surface area contributed by atoms with E-state index in [9.17, 15) is 19.7 Å². The summed E-state index contributed by atoms with van der Waals surface area (Å²) in [5.74, 6) is 0.0111. The lowest BCUT2D eigenvalue weighted by atomic mass is 10.2. The molecule has 0 aromatic heterocycles. The number of hydrogen-bond donors (Lipinski definition) is 1. The first kappa shape index (κ1) is 33.1. The van der Waals surface area contributed by atoms with Gasteiger partial charge in [-0.3, -0.25) is 14.9 Å². The van der Waals surface area contributed by atoms with Gasteiger partial charge < -0.3 is 33.7 Å². The minimum Gasteiger partial charge on any atom is -0.489 e. The van der Waals surface area contributed by atoms with Crippen LogP contribution in [0.1, 0.15) is 31.2 Å². The molecule has 1 atom stereocenters. The molecule has 1 aromatic rings. The van der Waals surface area contributed by atoms with E-state index >= 15 is 0 Å². The molecule has 2 bridgehead atoms. The number of rotatable bonds is 5. The van der Waals surface area contributed by atoms with Crippen molar-refractivity contribution in [3.05, 3.63) is 27.8 Å². The molecule has 12 nitrogen and oxygen atoms in total. The van der Waals surface area contributed by atoms with Crippen LogP contribution >= 0.6 is 27.7 Å². The first-order valence-electron chi connectivity index (χ1n) is 12.8. The average Bonchev–Trinajstić information content (AvgIpc) is 2.92. The summed E-state index contributed by atoms with van der Waals surface area (Å²) in [6.45, 7) is 3.03. The van der Waals surface area contributed by atoms with E-state index in [4.69, 9.17) is 28.4 Å². The van der Waals surface area contributed by atoms with Gasteiger partial charge >= 0.3 is 5.97 Å². The first-order valence-corrected chi connectivity index (χ1v) is 15.0. The van der Waals surface area contributed by atoms with Crippen molar-refractivity contribution in [2.75, 3.05) is 71.0 Å². The highest BCUT2D eigenvalue weighted by Gasteiger charge is 2.24. The van der Waals surface area contributed by atoms with Gasteiger partial charge in [-0.1, -0.05) is 15.9 Å². The number of alkyl halides is 1. The van der Waals surface area contributed by atoms with Crippen molar-refractivity contribution in [3.63, 3.8) is 0 Å². The monoisotopic (exact) mass is 636 g/mol. The number of methoxy groups -OCH3 is 1. The van der Waals surface area contributed by atoms with Gasteiger partial charge in [0.25, 0.3) is 5.69 Å². The topological polar surface area (TPSA) is 145 Å². The van der Waals surface area contributed by atoms with E-state index < -0.39 is 16.9 Å². The Kier molecular flexibility index (Phi) is 16.8. The lowest BCUT2D eigenvalue weighted by molar-refractivity contribution is -0.385. The van der Waals surface area contributed by atoms with Gasteiger partial charge in [0.15, 0.2) is 11.5 Å². The van der Waals surface area contributed by atoms with E-state index in [2.05, 4.69) is 21.2 Å². The van der Waals surface area contributed by atoms with E-state index in [1.165, 1.54) is 24.9 Å². The number of halogens is 1. The summed E-state index contributed by atoms with van der Waals surface area (Å²) < 4.78 is 33.0. The molecule has 1 aromatic carbocycles. The third-order valence-electron chi connectivity index (χ3n) is 5.45. The molecular formula is C25H37BrN2O10S. The molecule has 1 unspecified atom stereocenters. The fourth-order valence-corrected chi connectivity index (χ4v) is 4.69. The third-order valence-corrected chi connectivity index (χ3v) is 6.86. The minimum absolute atomic E-state index is 0.0997. The molecule has 0 spiro atoms. The van der Waals surface area contributed by atoms with Crippen LogP contribution in [0.5, 0.6) is 11.5 Å². The predicted octanol–water partition coefficient (Wildman–Crippen LogP) is 3.26. The van der Waals surface area contributed by atoms with Gasteiger partial charge in [-0.15, -0.1) is 0 Å². The summed E-state index contributed by atoms with van der Waals surface area (Å²) >= 11 is 4.56. The Morgan fingerprint density at radius 1 is 1.10 bits per heavy atom. The number of benzene rings is 1. The zero-order chi connectivity index (χ0) is 28.3. The van der Waals surface area contributed by atoms with E-state index in [0.717, 1.165) is 19.3 Å². The van der Waals surface area contributed by atoms with Crippen LogP contribution in [0.15, 0.2) is 12.1 Å². The molecule has 0 radical (unpaired) electrons. The Morgan fingerprint density at radius 3 is 2.49 bits per heavy atom. The third kappa shape index (κ3) is 13.2. The van der Waals surface area contributed by atoms with Crippen molar-refractivity contribution in [2.24, 2.45) is 0 Å². The second kappa shape index (κ2) is 19.9. The Labute approximate surface area is 241 Å². The number of thioether (sulfide) groups is 1. The van der Waals surface area contributed by atoms with Crippen molar-refractivity contribution in [1.82, 2.24) is 5.32 Å². The summed E-state index contributed by atoms with van der Waals surface area (Å²) in [6, 6.07) is 2.00. The average molecular weight is 638 g/mol. The largest absolute Gasteiger partial charge is 0.489 e. The van der Waals surface area contributed by atoms with Crippen LogP contribution in [-0.2, 0) is 34.3 Å². The summed E-state index contributed by atoms with van der Waals surface area (Å²) in [5, 5.41) is 15.1. The molecule has 2 heterocycles. The molecular weight excluding hydrogens is 600 g/mol. The number of hydrogen-bond acceptors (Lipinski definition) is 11. The molecule has 0 aliphatic carbocycles. The van der Waals surface area contributed by atoms with Crippen LogP contribution in [0, 0.1) is 10.1 Å².